The van der Waals surface area contributed by atoms with E-state index in [0.717, 1.165) is 0 Å². The molecule has 3 rings (SSSR count). The molecular formula is C20H37NO20S3. The zero-order valence-corrected chi connectivity index (χ0v) is 26.0. The summed E-state index contributed by atoms with van der Waals surface area (Å²) < 4.78 is 135. The Morgan fingerprint density at radius 2 is 1.20 bits per heavy atom. The predicted octanol–water partition coefficient (Wildman–Crippen LogP) is -4.12. The van der Waals surface area contributed by atoms with Crippen molar-refractivity contribution in [3.05, 3.63) is 0 Å². The van der Waals surface area contributed by atoms with Gasteiger partial charge in [0.15, 0.2) is 12.6 Å². The lowest BCUT2D eigenvalue weighted by Crippen LogP contribution is -2.68. The van der Waals surface area contributed by atoms with Gasteiger partial charge in [-0.15, -0.1) is 0 Å². The minimum Gasteiger partial charge on any atom is -0.390 e. The molecule has 3 aliphatic rings. The lowest BCUT2D eigenvalue weighted by atomic mass is 9.92. The molecule has 21 nitrogen and oxygen atoms in total. The van der Waals surface area contributed by atoms with E-state index < -0.39 is 129 Å². The molecule has 0 amide bonds. The third-order valence-electron chi connectivity index (χ3n) is 7.33. The van der Waals surface area contributed by atoms with Gasteiger partial charge in [-0.25, -0.2) is 8.37 Å². The standard InChI is InChI=1S/C20H37NO20S3/c1-6-12(22)13(23)7(2)37-19(6)40-18-10(5-35-43(29,30)31)38-20(11(14(18)24)21-42(26,27)28)39-16-8(3)36-9(4)17(15(16)25)41-44(32,33)34/h6-25H,5H2,1-4H3,(H,26,27,28)(H,29,30,31)(H,32,33,34)/t6?,7?,8?,9-,10?,11?,12-,13?,14+,15+,16?,17?,18+,19-,20+/m0/s1. The van der Waals surface area contributed by atoms with E-state index in [4.69, 9.17) is 32.8 Å². The number of nitrogens with one attached hydrogen (secondary N) is 1. The molecule has 3 saturated heterocycles. The molecule has 0 radical (unpaired) electrons. The Bertz CT molecular complexity index is 1300. The summed E-state index contributed by atoms with van der Waals surface area (Å²) in [5.74, 6) is -0.990. The van der Waals surface area contributed by atoms with Crippen LogP contribution in [0.3, 0.4) is 0 Å². The van der Waals surface area contributed by atoms with E-state index >= 15 is 0 Å². The van der Waals surface area contributed by atoms with Crippen molar-refractivity contribution in [1.82, 2.24) is 4.72 Å². The first kappa shape index (κ1) is 37.7. The molecule has 8 unspecified atom stereocenters. The Hall–Kier alpha value is -0.750. The van der Waals surface area contributed by atoms with Crippen LogP contribution in [0, 0.1) is 5.92 Å². The van der Waals surface area contributed by atoms with E-state index in [9.17, 15) is 50.2 Å². The summed E-state index contributed by atoms with van der Waals surface area (Å²) in [6.07, 6.45) is -20.6. The van der Waals surface area contributed by atoms with Crippen LogP contribution in [-0.4, -0.2) is 152 Å². The highest BCUT2D eigenvalue weighted by Crippen LogP contribution is 2.34. The average molecular weight is 708 g/mol. The van der Waals surface area contributed by atoms with Crippen LogP contribution in [0.4, 0.5) is 0 Å². The number of hydrogen-bond donors (Lipinski definition) is 8. The number of ether oxygens (including phenoxy) is 5. The third-order valence-corrected chi connectivity index (χ3v) is 8.80. The lowest BCUT2D eigenvalue weighted by Gasteiger charge is -2.49. The molecule has 44 heavy (non-hydrogen) atoms. The monoisotopic (exact) mass is 707 g/mol. The summed E-state index contributed by atoms with van der Waals surface area (Å²) in [5, 5.41) is 42.6. The fraction of sp³-hybridized carbons (Fsp3) is 1.00. The highest BCUT2D eigenvalue weighted by molar-refractivity contribution is 7.83. The zero-order valence-electron chi connectivity index (χ0n) is 23.5. The van der Waals surface area contributed by atoms with E-state index in [0.29, 0.717) is 0 Å². The van der Waals surface area contributed by atoms with Crippen molar-refractivity contribution in [1.29, 1.82) is 0 Å². The van der Waals surface area contributed by atoms with Gasteiger partial charge in [0, 0.05) is 5.92 Å². The number of hydrogen-bond acceptors (Lipinski definition) is 17. The number of aliphatic hydroxyl groups excluding tert-OH is 4. The Morgan fingerprint density at radius 1 is 0.636 bits per heavy atom. The lowest BCUT2D eigenvalue weighted by molar-refractivity contribution is -0.348. The minimum atomic E-state index is -5.17. The highest BCUT2D eigenvalue weighted by Gasteiger charge is 2.54. The van der Waals surface area contributed by atoms with Crippen LogP contribution in [0.5, 0.6) is 0 Å². The zero-order chi connectivity index (χ0) is 33.5. The first-order valence-corrected chi connectivity index (χ1v) is 17.2. The molecule has 0 aromatic rings. The second-order valence-electron chi connectivity index (χ2n) is 10.6. The molecule has 3 aliphatic heterocycles. The quantitative estimate of drug-likeness (QED) is 0.0945. The molecular weight excluding hydrogens is 670 g/mol. The molecule has 8 N–H and O–H groups in total. The molecule has 0 aromatic carbocycles. The Kier molecular flexibility index (Phi) is 12.1. The Morgan fingerprint density at radius 3 is 1.75 bits per heavy atom. The van der Waals surface area contributed by atoms with Gasteiger partial charge < -0.3 is 44.1 Å². The van der Waals surface area contributed by atoms with Crippen molar-refractivity contribution in [2.45, 2.75) is 113 Å². The van der Waals surface area contributed by atoms with Crippen LogP contribution in [0.1, 0.15) is 27.7 Å². The van der Waals surface area contributed by atoms with E-state index in [1.165, 1.54) is 27.7 Å². The van der Waals surface area contributed by atoms with Crippen LogP contribution in [0.25, 0.3) is 0 Å². The van der Waals surface area contributed by atoms with Crippen LogP contribution in [0.15, 0.2) is 0 Å². The molecule has 15 atom stereocenters. The maximum atomic E-state index is 11.8. The van der Waals surface area contributed by atoms with Gasteiger partial charge in [-0.2, -0.15) is 30.0 Å². The fourth-order valence-electron chi connectivity index (χ4n) is 5.12. The van der Waals surface area contributed by atoms with Crippen LogP contribution < -0.4 is 4.72 Å². The first-order chi connectivity index (χ1) is 20.0. The number of rotatable bonds is 11. The van der Waals surface area contributed by atoms with Gasteiger partial charge in [0.05, 0.1) is 31.0 Å². The van der Waals surface area contributed by atoms with Gasteiger partial charge in [0.25, 0.3) is 0 Å². The van der Waals surface area contributed by atoms with E-state index in [-0.39, 0.29) is 0 Å². The summed E-state index contributed by atoms with van der Waals surface area (Å²) >= 11 is 0. The predicted molar refractivity (Wildman–Crippen MR) is 138 cm³/mol. The maximum Gasteiger partial charge on any atom is 0.397 e. The molecule has 0 aromatic heterocycles. The van der Waals surface area contributed by atoms with Crippen LogP contribution in [0.2, 0.25) is 0 Å². The second kappa shape index (κ2) is 14.2. The molecule has 24 heteroatoms. The van der Waals surface area contributed by atoms with E-state index in [2.05, 4.69) is 8.37 Å². The third kappa shape index (κ3) is 9.64. The van der Waals surface area contributed by atoms with Crippen molar-refractivity contribution < 1.29 is 91.4 Å². The van der Waals surface area contributed by atoms with Gasteiger partial charge >= 0.3 is 31.1 Å². The molecule has 260 valence electrons. The van der Waals surface area contributed by atoms with E-state index in [1.54, 1.807) is 4.72 Å². The van der Waals surface area contributed by atoms with Gasteiger partial charge in [0.2, 0.25) is 0 Å². The topological polar surface area (TPSA) is 321 Å². The average Bonchev–Trinajstić information content (AvgIpc) is 2.86. The minimum absolute atomic E-state index is 0.990. The van der Waals surface area contributed by atoms with Gasteiger partial charge in [-0.1, -0.05) is 6.92 Å². The molecule has 0 aliphatic carbocycles. The SMILES string of the molecule is CC1O[C@@H](O[C@@H]2C(COS(=O)(=O)O)O[C@H](OC3C(C)O[C@@H](C)C(OS(=O)(=O)O)[C@@H]3O)C(NS(=O)(=O)O)[C@H]2O)C(C)[C@H](O)C1O. The normalized spacial score (nSPS) is 44.4. The second-order valence-corrected chi connectivity index (χ2v) is 14.0. The van der Waals surface area contributed by atoms with Crippen molar-refractivity contribution in [2.75, 3.05) is 6.61 Å². The maximum absolute atomic E-state index is 11.8. The summed E-state index contributed by atoms with van der Waals surface area (Å²) in [6.45, 7) is 4.30. The first-order valence-electron chi connectivity index (χ1n) is 13.0. The fourth-order valence-corrected chi connectivity index (χ4v) is 6.57. The largest absolute Gasteiger partial charge is 0.397 e. The van der Waals surface area contributed by atoms with E-state index in [1.807, 2.05) is 0 Å². The summed E-state index contributed by atoms with van der Waals surface area (Å²) in [7, 11) is -15.4. The molecule has 0 saturated carbocycles. The molecule has 0 spiro atoms. The van der Waals surface area contributed by atoms with Gasteiger partial charge in [0.1, 0.15) is 48.8 Å². The van der Waals surface area contributed by atoms with Crippen LogP contribution in [-0.2, 0) is 63.2 Å². The van der Waals surface area contributed by atoms with Crippen molar-refractivity contribution in [3.63, 3.8) is 0 Å². The van der Waals surface area contributed by atoms with Crippen molar-refractivity contribution in [2.24, 2.45) is 5.92 Å². The number of aliphatic hydroxyl groups is 4. The smallest absolute Gasteiger partial charge is 0.390 e. The van der Waals surface area contributed by atoms with Crippen molar-refractivity contribution >= 4 is 31.1 Å². The molecule has 3 fully saturated rings. The molecule has 0 bridgehead atoms. The summed E-state index contributed by atoms with van der Waals surface area (Å²) in [6, 6.07) is -2.02. The van der Waals surface area contributed by atoms with Crippen LogP contribution >= 0.6 is 0 Å². The Balaban J connectivity index is 1.97. The Labute approximate surface area is 253 Å². The van der Waals surface area contributed by atoms with Gasteiger partial charge in [-0.3, -0.25) is 13.7 Å². The van der Waals surface area contributed by atoms with Gasteiger partial charge in [-0.05, 0) is 20.8 Å². The van der Waals surface area contributed by atoms with Crippen molar-refractivity contribution in [3.8, 4) is 0 Å². The summed E-state index contributed by atoms with van der Waals surface area (Å²) in [4.78, 5) is 0. The molecule has 3 heterocycles. The summed E-state index contributed by atoms with van der Waals surface area (Å²) in [5.41, 5.74) is 0. The highest BCUT2D eigenvalue weighted by atomic mass is 32.3.